The molecule has 0 spiro atoms. The molecular formula is C19H30ClIN6. The van der Waals surface area contributed by atoms with E-state index in [9.17, 15) is 0 Å². The number of nitrogens with one attached hydrogen (secondary N) is 2. The summed E-state index contributed by atoms with van der Waals surface area (Å²) in [6, 6.07) is 8.01. The Bertz CT molecular complexity index is 703. The van der Waals surface area contributed by atoms with E-state index < -0.39 is 0 Å². The van der Waals surface area contributed by atoms with Gasteiger partial charge in [-0.1, -0.05) is 44.0 Å². The van der Waals surface area contributed by atoms with Gasteiger partial charge in [0.15, 0.2) is 5.96 Å². The maximum Gasteiger partial charge on any atom is 0.191 e. The Morgan fingerprint density at radius 2 is 2.15 bits per heavy atom. The number of nitrogens with zero attached hydrogens (tertiary/aromatic N) is 4. The monoisotopic (exact) mass is 504 g/mol. The quantitative estimate of drug-likeness (QED) is 0.232. The first kappa shape index (κ1) is 23.7. The summed E-state index contributed by atoms with van der Waals surface area (Å²) in [7, 11) is 0. The smallest absolute Gasteiger partial charge is 0.191 e. The van der Waals surface area contributed by atoms with Gasteiger partial charge in [0.2, 0.25) is 0 Å². The molecule has 6 nitrogen and oxygen atoms in total. The molecule has 2 rings (SSSR count). The van der Waals surface area contributed by atoms with Crippen LogP contribution in [-0.2, 0) is 13.0 Å². The molecule has 8 heteroatoms. The fourth-order valence-corrected chi connectivity index (χ4v) is 2.80. The van der Waals surface area contributed by atoms with Crippen LogP contribution in [0.1, 0.15) is 51.0 Å². The molecule has 2 N–H and O–H groups in total. The van der Waals surface area contributed by atoms with Gasteiger partial charge in [-0.05, 0) is 31.0 Å². The van der Waals surface area contributed by atoms with Gasteiger partial charge in [-0.3, -0.25) is 4.99 Å². The van der Waals surface area contributed by atoms with Crippen LogP contribution in [0.25, 0.3) is 0 Å². The third-order valence-electron chi connectivity index (χ3n) is 4.14. The third-order valence-corrected chi connectivity index (χ3v) is 4.38. The van der Waals surface area contributed by atoms with E-state index in [1.54, 1.807) is 6.33 Å². The van der Waals surface area contributed by atoms with E-state index in [1.165, 1.54) is 0 Å². The highest BCUT2D eigenvalue weighted by molar-refractivity contribution is 14.0. The zero-order valence-corrected chi connectivity index (χ0v) is 19.4. The average molecular weight is 505 g/mol. The van der Waals surface area contributed by atoms with Gasteiger partial charge in [0.1, 0.15) is 12.2 Å². The first-order chi connectivity index (χ1) is 12.6. The van der Waals surface area contributed by atoms with Crippen LogP contribution in [0.2, 0.25) is 5.02 Å². The molecule has 0 fully saturated rings. The van der Waals surface area contributed by atoms with E-state index in [0.717, 1.165) is 61.3 Å². The maximum atomic E-state index is 6.11. The fraction of sp³-hybridized carbons (Fsp3) is 0.526. The molecule has 0 radical (unpaired) electrons. The average Bonchev–Trinajstić information content (AvgIpc) is 3.09. The molecule has 1 aromatic carbocycles. The normalized spacial score (nSPS) is 12.4. The van der Waals surface area contributed by atoms with E-state index in [4.69, 9.17) is 11.6 Å². The van der Waals surface area contributed by atoms with Gasteiger partial charge in [0.05, 0.1) is 6.04 Å². The van der Waals surface area contributed by atoms with Gasteiger partial charge >= 0.3 is 0 Å². The van der Waals surface area contributed by atoms with Crippen LogP contribution in [0.15, 0.2) is 35.6 Å². The Balaban J connectivity index is 0.00000364. The molecular weight excluding hydrogens is 475 g/mol. The van der Waals surface area contributed by atoms with Crippen LogP contribution < -0.4 is 10.6 Å². The molecule has 0 amide bonds. The standard InChI is InChI=1S/C19H29ClN6.HI/c1-4-6-10-21-19(22-11-12-26-14-23-25-18(26)5-2)24-15(3)16-8-7-9-17(20)13-16;/h7-9,13-15H,4-6,10-12H2,1-3H3,(H2,21,22,24);1H. The molecule has 0 saturated heterocycles. The van der Waals surface area contributed by atoms with Crippen molar-refractivity contribution in [1.82, 2.24) is 25.4 Å². The van der Waals surface area contributed by atoms with Gasteiger partial charge in [-0.25, -0.2) is 0 Å². The first-order valence-corrected chi connectivity index (χ1v) is 9.68. The predicted octanol–water partition coefficient (Wildman–Crippen LogP) is 4.21. The van der Waals surface area contributed by atoms with Gasteiger partial charge in [0.25, 0.3) is 0 Å². The molecule has 1 unspecified atom stereocenters. The summed E-state index contributed by atoms with van der Waals surface area (Å²) in [5.74, 6) is 1.81. The Hall–Kier alpha value is -1.35. The lowest BCUT2D eigenvalue weighted by atomic mass is 10.1. The van der Waals surface area contributed by atoms with Crippen molar-refractivity contribution in [2.45, 2.75) is 52.6 Å². The van der Waals surface area contributed by atoms with Crippen molar-refractivity contribution in [3.8, 4) is 0 Å². The molecule has 0 bridgehead atoms. The molecule has 2 aromatic rings. The first-order valence-electron chi connectivity index (χ1n) is 9.31. The molecule has 0 aliphatic carbocycles. The minimum atomic E-state index is 0. The summed E-state index contributed by atoms with van der Waals surface area (Å²) in [6.45, 7) is 8.73. The lowest BCUT2D eigenvalue weighted by molar-refractivity contribution is 0.618. The minimum Gasteiger partial charge on any atom is -0.355 e. The molecule has 0 aliphatic heterocycles. The Morgan fingerprint density at radius 3 is 2.85 bits per heavy atom. The van der Waals surface area contributed by atoms with Crippen molar-refractivity contribution in [3.63, 3.8) is 0 Å². The number of benzene rings is 1. The van der Waals surface area contributed by atoms with Crippen LogP contribution >= 0.6 is 35.6 Å². The summed E-state index contributed by atoms with van der Waals surface area (Å²) in [4.78, 5) is 4.68. The van der Waals surface area contributed by atoms with Crippen molar-refractivity contribution in [2.75, 3.05) is 13.1 Å². The molecule has 0 aliphatic rings. The lowest BCUT2D eigenvalue weighted by Gasteiger charge is -2.19. The second-order valence-corrected chi connectivity index (χ2v) is 6.66. The number of aliphatic imine (C=N–C) groups is 1. The number of halogens is 2. The highest BCUT2D eigenvalue weighted by Crippen LogP contribution is 2.17. The SMILES string of the molecule is CCCCN=C(NCCn1cnnc1CC)NC(C)c1cccc(Cl)c1.I. The Kier molecular flexibility index (Phi) is 11.3. The number of hydrogen-bond acceptors (Lipinski definition) is 3. The molecule has 1 heterocycles. The summed E-state index contributed by atoms with van der Waals surface area (Å²) in [5.41, 5.74) is 1.13. The molecule has 27 heavy (non-hydrogen) atoms. The van der Waals surface area contributed by atoms with Crippen molar-refractivity contribution in [3.05, 3.63) is 47.0 Å². The topological polar surface area (TPSA) is 67.1 Å². The van der Waals surface area contributed by atoms with Gasteiger partial charge in [0, 0.05) is 31.1 Å². The van der Waals surface area contributed by atoms with Crippen LogP contribution in [0.3, 0.4) is 0 Å². The third kappa shape index (κ3) is 8.04. The fourth-order valence-electron chi connectivity index (χ4n) is 2.60. The van der Waals surface area contributed by atoms with Gasteiger partial charge in [-0.15, -0.1) is 34.2 Å². The summed E-state index contributed by atoms with van der Waals surface area (Å²) in [6.07, 6.45) is 4.85. The molecule has 1 aromatic heterocycles. The number of hydrogen-bond donors (Lipinski definition) is 2. The summed E-state index contributed by atoms with van der Waals surface area (Å²) < 4.78 is 2.07. The van der Waals surface area contributed by atoms with Crippen LogP contribution in [0.4, 0.5) is 0 Å². The van der Waals surface area contributed by atoms with Crippen LogP contribution in [-0.4, -0.2) is 33.8 Å². The summed E-state index contributed by atoms with van der Waals surface area (Å²) in [5, 5.41) is 15.7. The van der Waals surface area contributed by atoms with Crippen molar-refractivity contribution < 1.29 is 0 Å². The van der Waals surface area contributed by atoms with Crippen molar-refractivity contribution in [2.24, 2.45) is 4.99 Å². The van der Waals surface area contributed by atoms with Crippen LogP contribution in [0.5, 0.6) is 0 Å². The largest absolute Gasteiger partial charge is 0.355 e. The molecule has 1 atom stereocenters. The van der Waals surface area contributed by atoms with E-state index in [-0.39, 0.29) is 30.0 Å². The number of rotatable bonds is 9. The Morgan fingerprint density at radius 1 is 1.33 bits per heavy atom. The predicted molar refractivity (Wildman–Crippen MR) is 123 cm³/mol. The van der Waals surface area contributed by atoms with Crippen LogP contribution in [0, 0.1) is 0 Å². The second-order valence-electron chi connectivity index (χ2n) is 6.23. The van der Waals surface area contributed by atoms with E-state index in [2.05, 4.69) is 57.2 Å². The number of aryl methyl sites for hydroxylation is 1. The molecule has 150 valence electrons. The Labute approximate surface area is 184 Å². The zero-order valence-electron chi connectivity index (χ0n) is 16.3. The number of guanidine groups is 1. The lowest BCUT2D eigenvalue weighted by Crippen LogP contribution is -2.40. The van der Waals surface area contributed by atoms with E-state index in [0.29, 0.717) is 0 Å². The highest BCUT2D eigenvalue weighted by Gasteiger charge is 2.09. The van der Waals surface area contributed by atoms with E-state index >= 15 is 0 Å². The van der Waals surface area contributed by atoms with Crippen molar-refractivity contribution >= 4 is 41.5 Å². The maximum absolute atomic E-state index is 6.11. The zero-order chi connectivity index (χ0) is 18.8. The van der Waals surface area contributed by atoms with Crippen molar-refractivity contribution in [1.29, 1.82) is 0 Å². The van der Waals surface area contributed by atoms with Gasteiger partial charge < -0.3 is 15.2 Å². The number of unbranched alkanes of at least 4 members (excludes halogenated alkanes) is 1. The molecule has 0 saturated carbocycles. The second kappa shape index (κ2) is 12.9. The minimum absolute atomic E-state index is 0. The number of aromatic nitrogens is 3. The van der Waals surface area contributed by atoms with E-state index in [1.807, 2.05) is 18.2 Å². The summed E-state index contributed by atoms with van der Waals surface area (Å²) >= 11 is 6.11. The highest BCUT2D eigenvalue weighted by atomic mass is 127. The van der Waals surface area contributed by atoms with Gasteiger partial charge in [-0.2, -0.15) is 0 Å².